The predicted molar refractivity (Wildman–Crippen MR) is 491 cm³/mol. The lowest BCUT2D eigenvalue weighted by Crippen LogP contribution is -2.61. The number of nitrogens with zero attached hydrogens (tertiary/aromatic N) is 10. The van der Waals surface area contributed by atoms with E-state index in [1.165, 1.54) is 11.2 Å². The summed E-state index contributed by atoms with van der Waals surface area (Å²) in [5, 5.41) is 62.7. The number of alkyl carbamates (subject to hydrolysis) is 1. The summed E-state index contributed by atoms with van der Waals surface area (Å²) in [6.07, 6.45) is 13.7. The van der Waals surface area contributed by atoms with Crippen LogP contribution in [0.2, 0.25) is 0 Å². The minimum atomic E-state index is -2.51. The third-order valence-corrected chi connectivity index (χ3v) is 24.4. The van der Waals surface area contributed by atoms with Crippen molar-refractivity contribution < 1.29 is 110 Å². The van der Waals surface area contributed by atoms with E-state index >= 15 is 4.79 Å². The number of hydrogen-bond donors (Lipinski definition) is 9. The average molecular weight is 1860 g/mol. The maximum absolute atomic E-state index is 15.1. The summed E-state index contributed by atoms with van der Waals surface area (Å²) >= 11 is 0. The molecule has 730 valence electrons. The average Bonchev–Trinajstić information content (AvgIpc) is 1.58. The van der Waals surface area contributed by atoms with Gasteiger partial charge in [-0.1, -0.05) is 105 Å². The molecule has 133 heavy (non-hydrogen) atoms. The monoisotopic (exact) mass is 1860 g/mol. The minimum Gasteiger partial charge on any atom is -0.459 e. The molecule has 15 atom stereocenters. The molecule has 3 aliphatic heterocycles. The van der Waals surface area contributed by atoms with Gasteiger partial charge in [0.2, 0.25) is 17.6 Å². The molecule has 6 aromatic rings. The van der Waals surface area contributed by atoms with E-state index in [1.807, 2.05) is 86.7 Å². The third kappa shape index (κ3) is 32.1. The van der Waals surface area contributed by atoms with Crippen LogP contribution in [-0.4, -0.2) is 281 Å². The molecule has 1 aliphatic carbocycles. The summed E-state index contributed by atoms with van der Waals surface area (Å²) in [6.45, 7) is 15.4. The Morgan fingerprint density at radius 2 is 1.42 bits per heavy atom. The van der Waals surface area contributed by atoms with E-state index in [0.29, 0.717) is 162 Å². The van der Waals surface area contributed by atoms with Crippen LogP contribution in [0.3, 0.4) is 0 Å². The topological polar surface area (TPSA) is 521 Å². The van der Waals surface area contributed by atoms with Crippen molar-refractivity contribution >= 4 is 81.0 Å². The number of Topliss-reactive ketones (excluding diaryl/α,β-unsaturated/α-hetero) is 2. The summed E-state index contributed by atoms with van der Waals surface area (Å²) in [5.74, 6) is -8.41. The van der Waals surface area contributed by atoms with E-state index in [2.05, 4.69) is 46.4 Å². The number of nitrogens with one attached hydrogen (secondary N) is 3. The second-order valence-electron chi connectivity index (χ2n) is 34.5. The van der Waals surface area contributed by atoms with E-state index < -0.39 is 102 Å². The van der Waals surface area contributed by atoms with Crippen molar-refractivity contribution in [2.75, 3.05) is 131 Å². The van der Waals surface area contributed by atoms with Gasteiger partial charge in [0, 0.05) is 102 Å². The molecule has 39 heteroatoms. The van der Waals surface area contributed by atoms with Crippen LogP contribution in [0.1, 0.15) is 162 Å². The van der Waals surface area contributed by atoms with E-state index in [1.54, 1.807) is 69.6 Å². The number of anilines is 2. The van der Waals surface area contributed by atoms with Crippen LogP contribution < -0.4 is 33.2 Å². The van der Waals surface area contributed by atoms with Crippen LogP contribution in [0.4, 0.5) is 16.6 Å². The molecular weight excluding hydrogens is 1720 g/mol. The molecule has 39 nitrogen and oxygen atoms in total. The van der Waals surface area contributed by atoms with Crippen LogP contribution in [0.5, 0.6) is 0 Å². The quantitative estimate of drug-likeness (QED) is 0.00585. The first-order valence-corrected chi connectivity index (χ1v) is 46.3. The molecule has 4 aliphatic rings. The minimum absolute atomic E-state index is 0.0122. The van der Waals surface area contributed by atoms with Gasteiger partial charge in [-0.2, -0.15) is 10.1 Å². The molecule has 2 bridgehead atoms. The summed E-state index contributed by atoms with van der Waals surface area (Å²) in [7, 11) is 3.16. The summed E-state index contributed by atoms with van der Waals surface area (Å²) in [6, 6.07) is 12.4. The summed E-state index contributed by atoms with van der Waals surface area (Å²) < 4.78 is 72.7. The molecule has 0 radical (unpaired) electrons. The Labute approximate surface area is 775 Å². The number of benzene rings is 2. The van der Waals surface area contributed by atoms with Crippen molar-refractivity contribution in [3.63, 3.8) is 0 Å². The maximum Gasteiger partial charge on any atom is 0.407 e. The number of rotatable bonds is 41. The fraction of sp³-hybridized carbons (Fsp3) is 0.617. The number of carbonyl (C=O) groups excluding carboxylic acids is 7. The maximum atomic E-state index is 15.1. The van der Waals surface area contributed by atoms with Crippen molar-refractivity contribution in [1.29, 1.82) is 0 Å². The van der Waals surface area contributed by atoms with Gasteiger partial charge in [0.25, 0.3) is 17.7 Å². The highest BCUT2D eigenvalue weighted by Crippen LogP contribution is 2.40. The number of methoxy groups -OCH3 is 2. The van der Waals surface area contributed by atoms with E-state index in [0.717, 1.165) is 23.1 Å². The normalized spacial score (nSPS) is 25.3. The molecule has 0 spiro atoms. The SMILES string of the molecule is CO[C@H]1C[C@@H]2CC[C@@H](C)[C@@](O)(O2)C(=O)C(=O)N2CCCC[C@H]2C(=O)O[C@H]([C@H](N)C[C@@H]2CC[C@H](n3cc(COC(=O)NCCOCCOCCOCCC(=O)NCCOCCOCCOCCC(=O)NCCCCn4nc(-c5ccc6oc(N)nc6c5)c5c(N)ncnc54)nn3)[C@H](OC)C2)C/C(=N/OCc2ccccc2)[C@H](C)/C=C(\C)[C@@H](O)[C@@H](O)C(=O)[C@H](C)C[C@H](C)/C=C/C=CC=C1C. The standard InChI is InChI=1S/C94H136N16O23/c1-60-19-11-9-12-20-61(2)77(121-7)54-70-27-24-65(6)94(120,133-70)87(116)90(117)108-35-17-15-23-75(108)91(118)131-78(55-72(106-130-57-66-21-13-10-14-22-66)62(3)50-64(5)85(114)86(115)84(113)63(4)49-60)71(95)51-67-25-28-74(79(52-67)122-8)110-56-69(104-107-110)58-129-93(119)100-34-40-126-44-48-128-46-42-124-38-31-81(112)99-33-39-125-43-47-127-45-41-123-37-30-80(111)98-32-16-18-36-109-89-82(88(96)101-59-102-89)83(105-109)68-26-29-76-73(53-68)103-92(97)132-76/h9-14,19-22,26,29,50,53,56,59-60,62-63,65,67,70-71,74-75,77-79,85-86,114-115,120H,15-18,23-25,27-28,30-49,51-52,54-55,57-58,95H2,1-8H3,(H2,97,103)(H,98,111)(H,99,112)(H,100,119)(H2,96,101,102)/b12-9?,19-11+,61-20?,64-50+,106-72-/t60-,62-,63-,65-,67+,70+,71-,74+,75+,77+,78+,79-,85-,86+,94-/m1/s1. The van der Waals surface area contributed by atoms with Crippen LogP contribution in [-0.2, 0) is 105 Å². The second kappa shape index (κ2) is 54.2. The number of ketones is 2. The van der Waals surface area contributed by atoms with Gasteiger partial charge in [0.05, 0.1) is 121 Å². The molecule has 7 heterocycles. The predicted octanol–water partition coefficient (Wildman–Crippen LogP) is 7.62. The number of nitrogen functional groups attached to an aromatic ring is 2. The molecule has 0 unspecified atom stereocenters. The molecule has 1 saturated carbocycles. The van der Waals surface area contributed by atoms with E-state index in [9.17, 15) is 44.1 Å². The third-order valence-electron chi connectivity index (χ3n) is 24.4. The number of cyclic esters (lactones) is 1. The first-order chi connectivity index (χ1) is 64.2. The molecule has 2 saturated heterocycles. The van der Waals surface area contributed by atoms with Crippen LogP contribution in [0.15, 0.2) is 118 Å². The summed E-state index contributed by atoms with van der Waals surface area (Å²) in [5.41, 5.74) is 25.1. The number of aliphatic hydroxyl groups is 3. The van der Waals surface area contributed by atoms with Crippen LogP contribution in [0.25, 0.3) is 33.4 Å². The zero-order chi connectivity index (χ0) is 95.2. The van der Waals surface area contributed by atoms with Gasteiger partial charge < -0.3 is 115 Å². The number of esters is 1. The lowest BCUT2D eigenvalue weighted by atomic mass is 9.79. The van der Waals surface area contributed by atoms with Gasteiger partial charge in [0.1, 0.15) is 66.6 Å². The number of amides is 4. The zero-order valence-corrected chi connectivity index (χ0v) is 77.8. The van der Waals surface area contributed by atoms with Gasteiger partial charge in [-0.05, 0) is 138 Å². The molecule has 10 rings (SSSR count). The van der Waals surface area contributed by atoms with Crippen molar-refractivity contribution in [3.05, 3.63) is 120 Å². The molecule has 3 fully saturated rings. The molecule has 4 amide bonds. The Hall–Kier alpha value is -10.4. The number of allylic oxidation sites excluding steroid dienone is 6. The fourth-order valence-electron chi connectivity index (χ4n) is 16.8. The molecule has 12 N–H and O–H groups in total. The Bertz CT molecular complexity index is 4850. The van der Waals surface area contributed by atoms with Crippen molar-refractivity contribution in [3.8, 4) is 11.3 Å². The van der Waals surface area contributed by atoms with Crippen molar-refractivity contribution in [2.24, 2.45) is 40.5 Å². The lowest BCUT2D eigenvalue weighted by Gasteiger charge is -2.42. The van der Waals surface area contributed by atoms with E-state index in [-0.39, 0.29) is 146 Å². The van der Waals surface area contributed by atoms with E-state index in [4.69, 9.17) is 83.7 Å². The molecular formula is C94H136N16O23. The number of ether oxygens (including phenoxy) is 11. The highest BCUT2D eigenvalue weighted by molar-refractivity contribution is 6.39. The lowest BCUT2D eigenvalue weighted by molar-refractivity contribution is -0.265. The molecule has 4 aromatic heterocycles. The van der Waals surface area contributed by atoms with Gasteiger partial charge in [0.15, 0.2) is 17.0 Å². The van der Waals surface area contributed by atoms with Crippen molar-refractivity contribution in [1.82, 2.24) is 60.6 Å². The van der Waals surface area contributed by atoms with Crippen LogP contribution >= 0.6 is 0 Å². The number of carbonyl (C=O) groups is 7. The Balaban J connectivity index is 0.601. The number of aromatic nitrogens is 8. The number of fused-ring (bicyclic) bond motifs is 5. The van der Waals surface area contributed by atoms with Gasteiger partial charge >= 0.3 is 12.1 Å². The number of unbranched alkanes of at least 4 members (excludes halogenated alkanes) is 1. The second-order valence-corrected chi connectivity index (χ2v) is 34.5. The van der Waals surface area contributed by atoms with Crippen LogP contribution in [0, 0.1) is 29.6 Å². The first-order valence-electron chi connectivity index (χ1n) is 46.3. The number of nitrogens with two attached hydrogens (primary N) is 3. The number of oxazole rings is 1. The molecule has 2 aromatic carbocycles. The number of aliphatic hydroxyl groups excluding tert-OH is 2. The Kier molecular flexibility index (Phi) is 42.7. The Morgan fingerprint density at radius 3 is 2.13 bits per heavy atom. The van der Waals surface area contributed by atoms with Gasteiger partial charge in [-0.15, -0.1) is 5.10 Å². The first kappa shape index (κ1) is 105. The highest BCUT2D eigenvalue weighted by Gasteiger charge is 2.53. The highest BCUT2D eigenvalue weighted by atomic mass is 16.6. The Morgan fingerprint density at radius 1 is 0.729 bits per heavy atom. The smallest absolute Gasteiger partial charge is 0.407 e. The van der Waals surface area contributed by atoms with Crippen molar-refractivity contribution in [2.45, 2.75) is 225 Å². The summed E-state index contributed by atoms with van der Waals surface area (Å²) in [4.78, 5) is 116. The zero-order valence-electron chi connectivity index (χ0n) is 77.8. The number of hydrogen-bond acceptors (Lipinski definition) is 33. The number of aryl methyl sites for hydroxylation is 1. The number of piperidine rings is 1. The van der Waals surface area contributed by atoms with Gasteiger partial charge in [-0.3, -0.25) is 24.0 Å². The number of oxime groups is 1. The fourth-order valence-corrected chi connectivity index (χ4v) is 16.8. The van der Waals surface area contributed by atoms with Gasteiger partial charge in [-0.25, -0.2) is 28.9 Å². The largest absolute Gasteiger partial charge is 0.459 e.